The van der Waals surface area contributed by atoms with Crippen molar-refractivity contribution in [1.82, 2.24) is 20.9 Å². The smallest absolute Gasteiger partial charge is 0.239 e. The van der Waals surface area contributed by atoms with Crippen molar-refractivity contribution in [1.29, 1.82) is 0 Å². The van der Waals surface area contributed by atoms with Crippen molar-refractivity contribution in [2.75, 3.05) is 20.1 Å². The Hall–Kier alpha value is -1.63. The van der Waals surface area contributed by atoms with Crippen LogP contribution in [0.25, 0.3) is 0 Å². The molecule has 1 heterocycles. The van der Waals surface area contributed by atoms with Gasteiger partial charge >= 0.3 is 0 Å². The lowest BCUT2D eigenvalue weighted by Gasteiger charge is -2.10. The number of nitrogens with one attached hydrogen (secondary N) is 3. The fraction of sp³-hybridized carbons (Fsp3) is 0.643. The number of rotatable bonds is 7. The lowest BCUT2D eigenvalue weighted by Crippen LogP contribution is -2.43. The normalized spacial score (nSPS) is 11.6. The van der Waals surface area contributed by atoms with Crippen LogP contribution in [-0.4, -0.2) is 37.0 Å². The van der Waals surface area contributed by atoms with Crippen molar-refractivity contribution in [3.05, 3.63) is 16.1 Å². The van der Waals surface area contributed by atoms with Gasteiger partial charge < -0.3 is 16.0 Å². The molecule has 0 unspecified atom stereocenters. The molecule has 0 aliphatic carbocycles. The number of hydrogen-bond acceptors (Lipinski definition) is 4. The van der Waals surface area contributed by atoms with E-state index >= 15 is 0 Å². The molecule has 0 saturated carbocycles. The summed E-state index contributed by atoms with van der Waals surface area (Å²) in [4.78, 5) is 20.1. The van der Waals surface area contributed by atoms with Gasteiger partial charge in [0.15, 0.2) is 5.96 Å². The summed E-state index contributed by atoms with van der Waals surface area (Å²) in [6, 6.07) is 0. The highest BCUT2D eigenvalue weighted by Crippen LogP contribution is 2.17. The Morgan fingerprint density at radius 1 is 1.38 bits per heavy atom. The van der Waals surface area contributed by atoms with E-state index in [4.69, 9.17) is 0 Å². The summed E-state index contributed by atoms with van der Waals surface area (Å²) in [6.07, 6.45) is 0.931. The molecule has 0 atom stereocenters. The number of carbonyl (C=O) groups excluding carboxylic acids is 1. The molecule has 0 aromatic carbocycles. The first-order valence-electron chi connectivity index (χ1n) is 7.22. The Balaban J connectivity index is 2.35. The molecular weight excluding hydrogens is 286 g/mol. The zero-order valence-electron chi connectivity index (χ0n) is 13.2. The highest BCUT2D eigenvalue weighted by atomic mass is 32.1. The highest BCUT2D eigenvalue weighted by molar-refractivity contribution is 7.09. The van der Waals surface area contributed by atoms with E-state index in [0.29, 0.717) is 25.0 Å². The van der Waals surface area contributed by atoms with Gasteiger partial charge in [0.1, 0.15) is 5.01 Å². The summed E-state index contributed by atoms with van der Waals surface area (Å²) in [5, 5.41) is 12.0. The zero-order valence-corrected chi connectivity index (χ0v) is 14.0. The first-order valence-corrected chi connectivity index (χ1v) is 8.10. The summed E-state index contributed by atoms with van der Waals surface area (Å²) >= 11 is 1.63. The molecule has 3 N–H and O–H groups in total. The van der Waals surface area contributed by atoms with Gasteiger partial charge in [-0.25, -0.2) is 4.98 Å². The first-order chi connectivity index (χ1) is 10.1. The van der Waals surface area contributed by atoms with Crippen molar-refractivity contribution < 1.29 is 4.79 Å². The van der Waals surface area contributed by atoms with Gasteiger partial charge in [0, 0.05) is 19.0 Å². The number of guanidine groups is 1. The summed E-state index contributed by atoms with van der Waals surface area (Å²) in [7, 11) is 1.68. The van der Waals surface area contributed by atoms with Crippen LogP contribution in [0.4, 0.5) is 0 Å². The lowest BCUT2D eigenvalue weighted by atomic mass is 10.2. The number of amides is 1. The fourth-order valence-corrected chi connectivity index (χ4v) is 2.44. The van der Waals surface area contributed by atoms with Crippen LogP contribution >= 0.6 is 11.3 Å². The maximum atomic E-state index is 11.5. The second-order valence-electron chi connectivity index (χ2n) is 4.95. The summed E-state index contributed by atoms with van der Waals surface area (Å²) < 4.78 is 0. The molecule has 1 aromatic heterocycles. The Bertz CT molecular complexity index is 470. The second kappa shape index (κ2) is 9.33. The third-order valence-corrected chi connectivity index (χ3v) is 3.65. The van der Waals surface area contributed by atoms with Gasteiger partial charge in [-0.05, 0) is 12.3 Å². The van der Waals surface area contributed by atoms with Gasteiger partial charge in [-0.1, -0.05) is 20.8 Å². The Morgan fingerprint density at radius 2 is 2.14 bits per heavy atom. The van der Waals surface area contributed by atoms with Crippen molar-refractivity contribution >= 4 is 23.2 Å². The maximum absolute atomic E-state index is 11.5. The molecule has 0 bridgehead atoms. The molecule has 118 valence electrons. The topological polar surface area (TPSA) is 78.4 Å². The minimum Gasteiger partial charge on any atom is -0.355 e. The summed E-state index contributed by atoms with van der Waals surface area (Å²) in [5.41, 5.74) is 1.11. The molecule has 6 nitrogen and oxygen atoms in total. The average molecular weight is 311 g/mol. The Labute approximate surface area is 130 Å². The fourth-order valence-electron chi connectivity index (χ4n) is 1.54. The zero-order chi connectivity index (χ0) is 15.7. The minimum absolute atomic E-state index is 0.0313. The molecule has 0 spiro atoms. The van der Waals surface area contributed by atoms with Crippen LogP contribution in [0.2, 0.25) is 0 Å². The van der Waals surface area contributed by atoms with Crippen LogP contribution in [-0.2, 0) is 11.3 Å². The maximum Gasteiger partial charge on any atom is 0.239 e. The molecule has 0 aliphatic rings. The van der Waals surface area contributed by atoms with E-state index in [9.17, 15) is 4.79 Å². The molecule has 0 radical (unpaired) electrons. The van der Waals surface area contributed by atoms with Crippen LogP contribution in [0.3, 0.4) is 0 Å². The molecule has 1 rings (SSSR count). The highest BCUT2D eigenvalue weighted by Gasteiger charge is 2.07. The van der Waals surface area contributed by atoms with E-state index in [1.165, 1.54) is 0 Å². The standard InChI is InChI=1S/C14H25N5OS/c1-5-6-16-12(20)7-17-14(15-4)18-8-13-19-11(9-21-13)10(2)3/h9-10H,5-8H2,1-4H3,(H,16,20)(H2,15,17,18). The van der Waals surface area contributed by atoms with Gasteiger partial charge in [0.25, 0.3) is 0 Å². The molecule has 21 heavy (non-hydrogen) atoms. The lowest BCUT2D eigenvalue weighted by molar-refractivity contribution is -0.120. The number of carbonyl (C=O) groups is 1. The van der Waals surface area contributed by atoms with Crippen molar-refractivity contribution in [3.8, 4) is 0 Å². The monoisotopic (exact) mass is 311 g/mol. The molecule has 1 amide bonds. The van der Waals surface area contributed by atoms with Crippen LogP contribution in [0, 0.1) is 0 Å². The third kappa shape index (κ3) is 6.57. The third-order valence-electron chi connectivity index (χ3n) is 2.78. The molecule has 0 saturated heterocycles. The van der Waals surface area contributed by atoms with Gasteiger partial charge in [0.2, 0.25) is 5.91 Å². The predicted molar refractivity (Wildman–Crippen MR) is 87.7 cm³/mol. The second-order valence-corrected chi connectivity index (χ2v) is 5.89. The van der Waals surface area contributed by atoms with Crippen molar-refractivity contribution in [2.24, 2.45) is 4.99 Å². The summed E-state index contributed by atoms with van der Waals surface area (Å²) in [6.45, 7) is 7.79. The molecule has 0 fully saturated rings. The van der Waals surface area contributed by atoms with Gasteiger partial charge in [-0.3, -0.25) is 9.79 Å². The summed E-state index contributed by atoms with van der Waals surface area (Å²) in [5.74, 6) is 1.01. The van der Waals surface area contributed by atoms with Crippen LogP contribution in [0.1, 0.15) is 43.8 Å². The average Bonchev–Trinajstić information content (AvgIpc) is 2.94. The number of thiazole rings is 1. The van der Waals surface area contributed by atoms with Crippen molar-refractivity contribution in [2.45, 2.75) is 39.7 Å². The van der Waals surface area contributed by atoms with Gasteiger partial charge in [-0.2, -0.15) is 0 Å². The number of hydrogen-bond donors (Lipinski definition) is 3. The van der Waals surface area contributed by atoms with Gasteiger partial charge in [0.05, 0.1) is 18.8 Å². The van der Waals surface area contributed by atoms with Crippen molar-refractivity contribution in [3.63, 3.8) is 0 Å². The van der Waals surface area contributed by atoms with Crippen LogP contribution in [0.15, 0.2) is 10.4 Å². The van der Waals surface area contributed by atoms with E-state index in [0.717, 1.165) is 17.1 Å². The molecular formula is C14H25N5OS. The number of nitrogens with zero attached hydrogens (tertiary/aromatic N) is 2. The quantitative estimate of drug-likeness (QED) is 0.526. The van der Waals surface area contributed by atoms with E-state index in [-0.39, 0.29) is 12.5 Å². The SMILES string of the molecule is CCCNC(=O)CNC(=NC)NCc1nc(C(C)C)cs1. The van der Waals surface area contributed by atoms with E-state index in [1.807, 2.05) is 6.92 Å². The van der Waals surface area contributed by atoms with Crippen LogP contribution in [0.5, 0.6) is 0 Å². The van der Waals surface area contributed by atoms with Crippen LogP contribution < -0.4 is 16.0 Å². The molecule has 0 aliphatic heterocycles. The number of aromatic nitrogens is 1. The van der Waals surface area contributed by atoms with E-state index in [1.54, 1.807) is 18.4 Å². The predicted octanol–water partition coefficient (Wildman–Crippen LogP) is 1.46. The first kappa shape index (κ1) is 17.4. The Kier molecular flexibility index (Phi) is 7.74. The van der Waals surface area contributed by atoms with E-state index in [2.05, 4.69) is 45.2 Å². The van der Waals surface area contributed by atoms with E-state index < -0.39 is 0 Å². The van der Waals surface area contributed by atoms with Gasteiger partial charge in [-0.15, -0.1) is 11.3 Å². The Morgan fingerprint density at radius 3 is 2.71 bits per heavy atom. The minimum atomic E-state index is -0.0313. The molecule has 7 heteroatoms. The molecule has 1 aromatic rings. The largest absolute Gasteiger partial charge is 0.355 e. The number of aliphatic imine (C=N–C) groups is 1.